The number of hydrogen-bond donors (Lipinski definition) is 0. The highest BCUT2D eigenvalue weighted by Gasteiger charge is 2.26. The van der Waals surface area contributed by atoms with E-state index in [4.69, 9.17) is 9.47 Å². The summed E-state index contributed by atoms with van der Waals surface area (Å²) in [5.74, 6) is 2.24. The number of carbonyl (C=O) groups is 1. The Morgan fingerprint density at radius 2 is 1.03 bits per heavy atom. The molecular weight excluding hydrogens is 480 g/mol. The number of ether oxygens (including phenoxy) is 2. The first-order chi connectivity index (χ1) is 19.2. The van der Waals surface area contributed by atoms with Gasteiger partial charge in [-0.25, -0.2) is 0 Å². The largest absolute Gasteiger partial charge is 0.489 e. The molecule has 0 spiro atoms. The van der Waals surface area contributed by atoms with E-state index in [1.54, 1.807) is 0 Å². The minimum atomic E-state index is 0.147. The van der Waals surface area contributed by atoms with Crippen LogP contribution in [0.4, 0.5) is 0 Å². The predicted molar refractivity (Wildman–Crippen MR) is 158 cm³/mol. The van der Waals surface area contributed by atoms with Crippen LogP contribution in [-0.2, 0) is 18.0 Å². The first-order valence-corrected chi connectivity index (χ1v) is 13.7. The van der Waals surface area contributed by atoms with E-state index in [1.807, 2.05) is 97.1 Å². The lowest BCUT2D eigenvalue weighted by Crippen LogP contribution is -2.19. The molecule has 0 N–H and O–H groups in total. The Bertz CT molecular complexity index is 1310. The fourth-order valence-corrected chi connectivity index (χ4v) is 4.83. The van der Waals surface area contributed by atoms with Crippen molar-refractivity contribution in [2.75, 3.05) is 0 Å². The molecule has 1 unspecified atom stereocenters. The maximum atomic E-state index is 13.5. The summed E-state index contributed by atoms with van der Waals surface area (Å²) in [6.07, 6.45) is 6.75. The van der Waals surface area contributed by atoms with E-state index in [-0.39, 0.29) is 5.78 Å². The van der Waals surface area contributed by atoms with Crippen molar-refractivity contribution in [3.8, 4) is 11.5 Å². The van der Waals surface area contributed by atoms with Crippen molar-refractivity contribution in [3.05, 3.63) is 143 Å². The van der Waals surface area contributed by atoms with Crippen LogP contribution in [0, 0.1) is 5.92 Å². The second-order valence-electron chi connectivity index (χ2n) is 10.0. The van der Waals surface area contributed by atoms with Crippen molar-refractivity contribution in [2.45, 2.75) is 39.4 Å². The summed E-state index contributed by atoms with van der Waals surface area (Å²) >= 11 is 0. The first kappa shape index (κ1) is 26.2. The molecule has 1 aliphatic carbocycles. The van der Waals surface area contributed by atoms with E-state index >= 15 is 0 Å². The molecule has 1 atom stereocenters. The second-order valence-corrected chi connectivity index (χ2v) is 10.0. The molecule has 1 fully saturated rings. The van der Waals surface area contributed by atoms with E-state index in [9.17, 15) is 4.79 Å². The van der Waals surface area contributed by atoms with Gasteiger partial charge in [0.05, 0.1) is 0 Å². The lowest BCUT2D eigenvalue weighted by atomic mass is 9.78. The minimum absolute atomic E-state index is 0.147. The van der Waals surface area contributed by atoms with Crippen LogP contribution >= 0.6 is 0 Å². The molecule has 5 rings (SSSR count). The molecule has 3 heteroatoms. The number of allylic oxidation sites excluding steroid dienone is 2. The van der Waals surface area contributed by atoms with Gasteiger partial charge in [0.1, 0.15) is 24.7 Å². The van der Waals surface area contributed by atoms with Crippen LogP contribution in [0.5, 0.6) is 11.5 Å². The second kappa shape index (κ2) is 12.9. The van der Waals surface area contributed by atoms with Crippen molar-refractivity contribution in [2.24, 2.45) is 5.92 Å². The number of carbonyl (C=O) groups excluding carboxylic acids is 1. The van der Waals surface area contributed by atoms with E-state index in [0.717, 1.165) is 64.2 Å². The number of hydrogen-bond acceptors (Lipinski definition) is 3. The third-order valence-electron chi connectivity index (χ3n) is 7.12. The molecule has 0 radical (unpaired) electrons. The van der Waals surface area contributed by atoms with Gasteiger partial charge >= 0.3 is 0 Å². The number of rotatable bonds is 9. The lowest BCUT2D eigenvalue weighted by Gasteiger charge is -2.25. The van der Waals surface area contributed by atoms with Crippen LogP contribution < -0.4 is 9.47 Å². The summed E-state index contributed by atoms with van der Waals surface area (Å²) in [7, 11) is 0. The molecule has 1 aliphatic rings. The van der Waals surface area contributed by atoms with Crippen LogP contribution in [0.1, 0.15) is 48.4 Å². The van der Waals surface area contributed by atoms with Crippen LogP contribution in [-0.4, -0.2) is 5.78 Å². The molecular formula is C36H34O3. The highest BCUT2D eigenvalue weighted by Crippen LogP contribution is 2.34. The fraction of sp³-hybridized carbons (Fsp3) is 0.194. The zero-order chi connectivity index (χ0) is 26.9. The molecule has 0 amide bonds. The lowest BCUT2D eigenvalue weighted by molar-refractivity contribution is -0.113. The molecule has 0 heterocycles. The first-order valence-electron chi connectivity index (χ1n) is 13.7. The minimum Gasteiger partial charge on any atom is -0.489 e. The Kier molecular flexibility index (Phi) is 8.70. The van der Waals surface area contributed by atoms with Crippen LogP contribution in [0.3, 0.4) is 0 Å². The average Bonchev–Trinajstić information content (AvgIpc) is 2.99. The number of Topliss-reactive ketones (excluding diaryl/α,β-unsaturated/α-hetero) is 1. The number of benzene rings is 4. The van der Waals surface area contributed by atoms with Gasteiger partial charge in [-0.15, -0.1) is 0 Å². The maximum Gasteiger partial charge on any atom is 0.185 e. The summed E-state index contributed by atoms with van der Waals surface area (Å²) in [5, 5.41) is 0. The molecule has 4 aromatic rings. The van der Waals surface area contributed by atoms with E-state index in [2.05, 4.69) is 31.2 Å². The van der Waals surface area contributed by atoms with Gasteiger partial charge in [-0.1, -0.05) is 98.3 Å². The normalized spacial score (nSPS) is 17.4. The third kappa shape index (κ3) is 7.36. The summed E-state index contributed by atoms with van der Waals surface area (Å²) in [6, 6.07) is 36.2. The van der Waals surface area contributed by atoms with Crippen molar-refractivity contribution < 1.29 is 14.3 Å². The van der Waals surface area contributed by atoms with Gasteiger partial charge in [-0.2, -0.15) is 0 Å². The molecule has 3 nitrogen and oxygen atoms in total. The zero-order valence-corrected chi connectivity index (χ0v) is 22.4. The van der Waals surface area contributed by atoms with E-state index in [0.29, 0.717) is 19.1 Å². The van der Waals surface area contributed by atoms with Crippen molar-refractivity contribution in [1.82, 2.24) is 0 Å². The molecule has 0 saturated heterocycles. The Morgan fingerprint density at radius 1 is 0.615 bits per heavy atom. The van der Waals surface area contributed by atoms with Gasteiger partial charge < -0.3 is 9.47 Å². The number of ketones is 1. The van der Waals surface area contributed by atoms with Gasteiger partial charge in [-0.3, -0.25) is 4.79 Å². The molecule has 0 aliphatic heterocycles. The molecule has 39 heavy (non-hydrogen) atoms. The average molecular weight is 515 g/mol. The Morgan fingerprint density at radius 3 is 1.41 bits per heavy atom. The van der Waals surface area contributed by atoms with Gasteiger partial charge in [0.15, 0.2) is 5.78 Å². The summed E-state index contributed by atoms with van der Waals surface area (Å²) in [6.45, 7) is 3.27. The van der Waals surface area contributed by atoms with E-state index in [1.165, 1.54) is 0 Å². The quantitative estimate of drug-likeness (QED) is 0.210. The van der Waals surface area contributed by atoms with Crippen LogP contribution in [0.15, 0.2) is 120 Å². The van der Waals surface area contributed by atoms with E-state index < -0.39 is 0 Å². The summed E-state index contributed by atoms with van der Waals surface area (Å²) in [4.78, 5) is 13.5. The molecule has 0 bridgehead atoms. The topological polar surface area (TPSA) is 35.5 Å². The van der Waals surface area contributed by atoms with Crippen LogP contribution in [0.2, 0.25) is 0 Å². The maximum absolute atomic E-state index is 13.5. The molecule has 0 aromatic heterocycles. The van der Waals surface area contributed by atoms with Gasteiger partial charge in [0.2, 0.25) is 0 Å². The SMILES string of the molecule is CCC1C/C(=C/c2ccc(OCc3ccccc3)cc2)C(=O)/C(=C/c2ccc(OCc3ccccc3)cc2)C1. The van der Waals surface area contributed by atoms with Crippen LogP contribution in [0.25, 0.3) is 12.2 Å². The highest BCUT2D eigenvalue weighted by molar-refractivity contribution is 6.14. The Labute approximate surface area is 231 Å². The summed E-state index contributed by atoms with van der Waals surface area (Å²) in [5.41, 5.74) is 6.05. The molecule has 196 valence electrons. The predicted octanol–water partition coefficient (Wildman–Crippen LogP) is 8.70. The fourth-order valence-electron chi connectivity index (χ4n) is 4.83. The van der Waals surface area contributed by atoms with Gasteiger partial charge in [0.25, 0.3) is 0 Å². The van der Waals surface area contributed by atoms with Crippen molar-refractivity contribution in [3.63, 3.8) is 0 Å². The highest BCUT2D eigenvalue weighted by atomic mass is 16.5. The summed E-state index contributed by atoms with van der Waals surface area (Å²) < 4.78 is 11.8. The van der Waals surface area contributed by atoms with Crippen molar-refractivity contribution in [1.29, 1.82) is 0 Å². The monoisotopic (exact) mass is 514 g/mol. The zero-order valence-electron chi connectivity index (χ0n) is 22.4. The Hall–Kier alpha value is -4.37. The third-order valence-corrected chi connectivity index (χ3v) is 7.12. The Balaban J connectivity index is 1.25. The standard InChI is InChI=1S/C36H34O3/c1-2-27-21-32(23-28-13-17-34(18-14-28)38-25-30-9-5-3-6-10-30)36(37)33(22-27)24-29-15-19-35(20-16-29)39-26-31-11-7-4-8-12-31/h3-20,23-24,27H,2,21-22,25-26H2,1H3/b32-23-,33-24+. The van der Waals surface area contributed by atoms with Crippen molar-refractivity contribution >= 4 is 17.9 Å². The molecule has 4 aromatic carbocycles. The van der Waals surface area contributed by atoms with Gasteiger partial charge in [-0.05, 0) is 77.4 Å². The van der Waals surface area contributed by atoms with Gasteiger partial charge in [0, 0.05) is 11.1 Å². The molecule has 1 saturated carbocycles. The smallest absolute Gasteiger partial charge is 0.185 e.